The lowest BCUT2D eigenvalue weighted by Gasteiger charge is -2.23. The average Bonchev–Trinajstić information content (AvgIpc) is 2.50. The molecule has 0 aromatic rings. The minimum absolute atomic E-state index is 0.448. The lowest BCUT2D eigenvalue weighted by atomic mass is 9.80. The molecule has 0 heterocycles. The molecule has 0 amide bonds. The Morgan fingerprint density at radius 3 is 2.50 bits per heavy atom. The van der Waals surface area contributed by atoms with Crippen LogP contribution >= 0.6 is 0 Å². The SMILES string of the molecule is CCCCC1(C(=O)O)CC=CC1. The molecule has 0 aromatic carbocycles. The summed E-state index contributed by atoms with van der Waals surface area (Å²) >= 11 is 0. The van der Waals surface area contributed by atoms with E-state index in [0.29, 0.717) is 0 Å². The van der Waals surface area contributed by atoms with Crippen LogP contribution in [0, 0.1) is 5.41 Å². The van der Waals surface area contributed by atoms with Gasteiger partial charge in [-0.25, -0.2) is 0 Å². The fourth-order valence-corrected chi connectivity index (χ4v) is 1.70. The molecule has 0 atom stereocenters. The molecule has 2 nitrogen and oxygen atoms in total. The van der Waals surface area contributed by atoms with Crippen LogP contribution in [0.25, 0.3) is 0 Å². The molecule has 1 rings (SSSR count). The fraction of sp³-hybridized carbons (Fsp3) is 0.700. The normalized spacial score (nSPS) is 19.8. The Balaban J connectivity index is 2.55. The van der Waals surface area contributed by atoms with Gasteiger partial charge in [0.1, 0.15) is 0 Å². The van der Waals surface area contributed by atoms with Gasteiger partial charge in [0.05, 0.1) is 5.41 Å². The van der Waals surface area contributed by atoms with Gasteiger partial charge >= 0.3 is 5.97 Å². The maximum Gasteiger partial charge on any atom is 0.310 e. The number of carboxylic acids is 1. The number of aliphatic carboxylic acids is 1. The van der Waals surface area contributed by atoms with E-state index in [1.807, 2.05) is 12.2 Å². The molecule has 0 radical (unpaired) electrons. The maximum absolute atomic E-state index is 11.0. The van der Waals surface area contributed by atoms with Crippen molar-refractivity contribution in [2.75, 3.05) is 0 Å². The van der Waals surface area contributed by atoms with E-state index in [1.54, 1.807) is 0 Å². The lowest BCUT2D eigenvalue weighted by molar-refractivity contribution is -0.148. The summed E-state index contributed by atoms with van der Waals surface area (Å²) in [6, 6.07) is 0. The number of carbonyl (C=O) groups is 1. The summed E-state index contributed by atoms with van der Waals surface area (Å²) in [5.74, 6) is -0.624. The quantitative estimate of drug-likeness (QED) is 0.655. The summed E-state index contributed by atoms with van der Waals surface area (Å²) in [7, 11) is 0. The third kappa shape index (κ3) is 1.68. The Morgan fingerprint density at radius 2 is 2.08 bits per heavy atom. The summed E-state index contributed by atoms with van der Waals surface area (Å²) in [5, 5.41) is 9.05. The highest BCUT2D eigenvalue weighted by Crippen LogP contribution is 2.38. The van der Waals surface area contributed by atoms with E-state index in [-0.39, 0.29) is 0 Å². The number of hydrogen-bond donors (Lipinski definition) is 1. The molecule has 0 bridgehead atoms. The second-order valence-electron chi connectivity index (χ2n) is 3.57. The highest BCUT2D eigenvalue weighted by Gasteiger charge is 2.37. The Labute approximate surface area is 73.3 Å². The molecular weight excluding hydrogens is 152 g/mol. The van der Waals surface area contributed by atoms with E-state index < -0.39 is 11.4 Å². The standard InChI is InChI=1S/C10H16O2/c1-2-3-6-10(9(11)12)7-4-5-8-10/h4-5H,2-3,6-8H2,1H3,(H,11,12). The van der Waals surface area contributed by atoms with Crippen molar-refractivity contribution in [2.45, 2.75) is 39.0 Å². The van der Waals surface area contributed by atoms with Crippen molar-refractivity contribution in [3.63, 3.8) is 0 Å². The number of unbranched alkanes of at least 4 members (excludes halogenated alkanes) is 1. The summed E-state index contributed by atoms with van der Waals surface area (Å²) in [6.45, 7) is 2.10. The molecule has 68 valence electrons. The summed E-state index contributed by atoms with van der Waals surface area (Å²) in [4.78, 5) is 11.0. The Morgan fingerprint density at radius 1 is 1.50 bits per heavy atom. The van der Waals surface area contributed by atoms with Crippen LogP contribution in [0.15, 0.2) is 12.2 Å². The van der Waals surface area contributed by atoms with Gasteiger partial charge in [-0.1, -0.05) is 31.9 Å². The van der Waals surface area contributed by atoms with Crippen LogP contribution in [0.1, 0.15) is 39.0 Å². The summed E-state index contributed by atoms with van der Waals surface area (Å²) in [5.41, 5.74) is -0.448. The van der Waals surface area contributed by atoms with Crippen molar-refractivity contribution in [3.05, 3.63) is 12.2 Å². The van der Waals surface area contributed by atoms with E-state index in [4.69, 9.17) is 5.11 Å². The second kappa shape index (κ2) is 3.74. The van der Waals surface area contributed by atoms with Crippen molar-refractivity contribution < 1.29 is 9.90 Å². The third-order valence-electron chi connectivity index (χ3n) is 2.65. The van der Waals surface area contributed by atoms with Gasteiger partial charge in [0.15, 0.2) is 0 Å². The molecule has 0 fully saturated rings. The molecular formula is C10H16O2. The van der Waals surface area contributed by atoms with Crippen molar-refractivity contribution in [2.24, 2.45) is 5.41 Å². The van der Waals surface area contributed by atoms with Gasteiger partial charge in [-0.05, 0) is 19.3 Å². The van der Waals surface area contributed by atoms with Crippen LogP contribution in [0.4, 0.5) is 0 Å². The number of rotatable bonds is 4. The molecule has 1 N–H and O–H groups in total. The highest BCUT2D eigenvalue weighted by molar-refractivity contribution is 5.75. The molecule has 1 aliphatic carbocycles. The first-order valence-corrected chi connectivity index (χ1v) is 4.60. The van der Waals surface area contributed by atoms with Crippen molar-refractivity contribution >= 4 is 5.97 Å². The van der Waals surface area contributed by atoms with E-state index in [2.05, 4.69) is 6.92 Å². The van der Waals surface area contributed by atoms with Crippen LogP contribution in [-0.4, -0.2) is 11.1 Å². The topological polar surface area (TPSA) is 37.3 Å². The Kier molecular flexibility index (Phi) is 2.90. The van der Waals surface area contributed by atoms with Crippen LogP contribution in [-0.2, 0) is 4.79 Å². The smallest absolute Gasteiger partial charge is 0.310 e. The zero-order valence-corrected chi connectivity index (χ0v) is 7.55. The molecule has 1 aliphatic rings. The van der Waals surface area contributed by atoms with Gasteiger partial charge in [-0.15, -0.1) is 0 Å². The predicted molar refractivity (Wildman–Crippen MR) is 48.0 cm³/mol. The fourth-order valence-electron chi connectivity index (χ4n) is 1.70. The Hall–Kier alpha value is -0.790. The first-order valence-electron chi connectivity index (χ1n) is 4.60. The number of carboxylic acid groups (broad SMARTS) is 1. The largest absolute Gasteiger partial charge is 0.481 e. The van der Waals surface area contributed by atoms with Gasteiger partial charge in [-0.2, -0.15) is 0 Å². The van der Waals surface area contributed by atoms with Crippen molar-refractivity contribution in [1.29, 1.82) is 0 Å². The molecule has 0 saturated carbocycles. The first-order chi connectivity index (χ1) is 5.71. The second-order valence-corrected chi connectivity index (χ2v) is 3.57. The third-order valence-corrected chi connectivity index (χ3v) is 2.65. The van der Waals surface area contributed by atoms with Gasteiger partial charge in [0.25, 0.3) is 0 Å². The van der Waals surface area contributed by atoms with Crippen molar-refractivity contribution in [1.82, 2.24) is 0 Å². The average molecular weight is 168 g/mol. The van der Waals surface area contributed by atoms with Gasteiger partial charge in [0.2, 0.25) is 0 Å². The molecule has 2 heteroatoms. The van der Waals surface area contributed by atoms with E-state index in [0.717, 1.165) is 32.1 Å². The van der Waals surface area contributed by atoms with E-state index >= 15 is 0 Å². The van der Waals surface area contributed by atoms with Crippen LogP contribution in [0.2, 0.25) is 0 Å². The van der Waals surface area contributed by atoms with E-state index in [9.17, 15) is 4.79 Å². The zero-order chi connectivity index (χ0) is 9.03. The number of allylic oxidation sites excluding steroid dienone is 2. The predicted octanol–water partition coefficient (Wildman–Crippen LogP) is 2.60. The van der Waals surface area contributed by atoms with Crippen LogP contribution < -0.4 is 0 Å². The summed E-state index contributed by atoms with van der Waals surface area (Å²) in [6.07, 6.45) is 8.35. The van der Waals surface area contributed by atoms with Crippen LogP contribution in [0.5, 0.6) is 0 Å². The molecule has 0 aromatic heterocycles. The maximum atomic E-state index is 11.0. The zero-order valence-electron chi connectivity index (χ0n) is 7.55. The first kappa shape index (κ1) is 9.30. The molecule has 0 spiro atoms. The minimum Gasteiger partial charge on any atom is -0.481 e. The summed E-state index contributed by atoms with van der Waals surface area (Å²) < 4.78 is 0. The molecule has 0 saturated heterocycles. The highest BCUT2D eigenvalue weighted by atomic mass is 16.4. The molecule has 0 aliphatic heterocycles. The van der Waals surface area contributed by atoms with Crippen LogP contribution in [0.3, 0.4) is 0 Å². The van der Waals surface area contributed by atoms with Gasteiger partial charge in [0, 0.05) is 0 Å². The molecule has 12 heavy (non-hydrogen) atoms. The Bertz CT molecular complexity index is 186. The lowest BCUT2D eigenvalue weighted by Crippen LogP contribution is -2.27. The van der Waals surface area contributed by atoms with Gasteiger partial charge < -0.3 is 5.11 Å². The monoisotopic (exact) mass is 168 g/mol. The van der Waals surface area contributed by atoms with Crippen molar-refractivity contribution in [3.8, 4) is 0 Å². The number of hydrogen-bond acceptors (Lipinski definition) is 1. The van der Waals surface area contributed by atoms with Gasteiger partial charge in [-0.3, -0.25) is 4.79 Å². The minimum atomic E-state index is -0.624. The van der Waals surface area contributed by atoms with E-state index in [1.165, 1.54) is 0 Å². The molecule has 0 unspecified atom stereocenters.